The lowest BCUT2D eigenvalue weighted by atomic mass is 10.1. The fourth-order valence-electron chi connectivity index (χ4n) is 1.50. The predicted molar refractivity (Wildman–Crippen MR) is 59.1 cm³/mol. The third kappa shape index (κ3) is 1.93. The van der Waals surface area contributed by atoms with Gasteiger partial charge >= 0.3 is 0 Å². The van der Waals surface area contributed by atoms with Crippen LogP contribution in [0, 0.1) is 13.8 Å². The molecule has 76 valence electrons. The van der Waals surface area contributed by atoms with E-state index in [-0.39, 0.29) is 5.95 Å². The smallest absolute Gasteiger partial charge is 0.223 e. The normalized spacial score (nSPS) is 10.3. The number of hydrogen-bond donors (Lipinski definition) is 1. The van der Waals surface area contributed by atoms with Crippen molar-refractivity contribution in [2.75, 3.05) is 5.73 Å². The Bertz CT molecular complexity index is 494. The lowest BCUT2D eigenvalue weighted by molar-refractivity contribution is 1.07. The monoisotopic (exact) mass is 200 g/mol. The van der Waals surface area contributed by atoms with Gasteiger partial charge in [-0.15, -0.1) is 0 Å². The standard InChI is InChI=1S/C11H12N4/c1-7-3-4-9(8(2)5-7)10-13-6-14-11(12)15-10/h3-6H,1-2H3,(H2,12,13,14,15). The number of aromatic nitrogens is 3. The summed E-state index contributed by atoms with van der Waals surface area (Å²) in [7, 11) is 0. The van der Waals surface area contributed by atoms with Crippen LogP contribution in [0.25, 0.3) is 11.4 Å². The Labute approximate surface area is 88.2 Å². The summed E-state index contributed by atoms with van der Waals surface area (Å²) in [5.41, 5.74) is 8.87. The van der Waals surface area contributed by atoms with Crippen LogP contribution in [-0.2, 0) is 0 Å². The van der Waals surface area contributed by atoms with Gasteiger partial charge in [-0.1, -0.05) is 23.8 Å². The van der Waals surface area contributed by atoms with Crippen molar-refractivity contribution >= 4 is 5.95 Å². The highest BCUT2D eigenvalue weighted by Gasteiger charge is 2.05. The molecule has 0 saturated heterocycles. The van der Waals surface area contributed by atoms with Gasteiger partial charge in [-0.2, -0.15) is 4.98 Å². The number of nitrogens with two attached hydrogens (primary N) is 1. The van der Waals surface area contributed by atoms with E-state index in [1.54, 1.807) is 0 Å². The van der Waals surface area contributed by atoms with Crippen molar-refractivity contribution in [3.05, 3.63) is 35.7 Å². The molecule has 0 fully saturated rings. The minimum absolute atomic E-state index is 0.250. The van der Waals surface area contributed by atoms with E-state index in [1.165, 1.54) is 11.9 Å². The first-order chi connectivity index (χ1) is 7.16. The van der Waals surface area contributed by atoms with Gasteiger partial charge in [0.05, 0.1) is 0 Å². The van der Waals surface area contributed by atoms with Crippen molar-refractivity contribution in [3.63, 3.8) is 0 Å². The average Bonchev–Trinajstić information content (AvgIpc) is 2.17. The number of nitrogen functional groups attached to an aromatic ring is 1. The molecule has 0 unspecified atom stereocenters. The molecule has 0 aliphatic heterocycles. The first kappa shape index (κ1) is 9.58. The first-order valence-corrected chi connectivity index (χ1v) is 4.69. The Morgan fingerprint density at radius 2 is 1.93 bits per heavy atom. The third-order valence-corrected chi connectivity index (χ3v) is 2.21. The zero-order valence-electron chi connectivity index (χ0n) is 8.73. The van der Waals surface area contributed by atoms with Gasteiger partial charge in [0.25, 0.3) is 0 Å². The molecule has 0 aliphatic rings. The highest BCUT2D eigenvalue weighted by atomic mass is 15.1. The topological polar surface area (TPSA) is 64.7 Å². The zero-order valence-corrected chi connectivity index (χ0v) is 8.73. The number of anilines is 1. The Morgan fingerprint density at radius 1 is 1.13 bits per heavy atom. The van der Waals surface area contributed by atoms with Gasteiger partial charge in [-0.05, 0) is 19.4 Å². The lowest BCUT2D eigenvalue weighted by Crippen LogP contribution is -1.99. The van der Waals surface area contributed by atoms with Crippen LogP contribution in [0.15, 0.2) is 24.5 Å². The summed E-state index contributed by atoms with van der Waals surface area (Å²) in [6.45, 7) is 4.08. The van der Waals surface area contributed by atoms with E-state index in [1.807, 2.05) is 19.1 Å². The molecule has 4 heteroatoms. The van der Waals surface area contributed by atoms with Crippen LogP contribution >= 0.6 is 0 Å². The average molecular weight is 200 g/mol. The quantitative estimate of drug-likeness (QED) is 0.761. The molecule has 0 bridgehead atoms. The molecule has 0 spiro atoms. The largest absolute Gasteiger partial charge is 0.368 e. The van der Waals surface area contributed by atoms with E-state index in [4.69, 9.17) is 5.73 Å². The highest BCUT2D eigenvalue weighted by molar-refractivity contribution is 5.60. The molecule has 0 radical (unpaired) electrons. The molecule has 1 heterocycles. The first-order valence-electron chi connectivity index (χ1n) is 4.69. The van der Waals surface area contributed by atoms with Gasteiger partial charge in [-0.3, -0.25) is 0 Å². The second-order valence-corrected chi connectivity index (χ2v) is 3.49. The van der Waals surface area contributed by atoms with Gasteiger partial charge in [0.15, 0.2) is 5.82 Å². The summed E-state index contributed by atoms with van der Waals surface area (Å²) in [5.74, 6) is 0.875. The molecule has 0 aliphatic carbocycles. The van der Waals surface area contributed by atoms with Crippen molar-refractivity contribution in [2.24, 2.45) is 0 Å². The van der Waals surface area contributed by atoms with Gasteiger partial charge < -0.3 is 5.73 Å². The minimum Gasteiger partial charge on any atom is -0.368 e. The summed E-state index contributed by atoms with van der Waals surface area (Å²) < 4.78 is 0. The van der Waals surface area contributed by atoms with Gasteiger partial charge in [-0.25, -0.2) is 9.97 Å². The Morgan fingerprint density at radius 3 is 2.60 bits per heavy atom. The van der Waals surface area contributed by atoms with Crippen LogP contribution in [0.2, 0.25) is 0 Å². The summed E-state index contributed by atoms with van der Waals surface area (Å²) in [6, 6.07) is 6.12. The van der Waals surface area contributed by atoms with Crippen LogP contribution in [0.3, 0.4) is 0 Å². The van der Waals surface area contributed by atoms with Gasteiger partial charge in [0.1, 0.15) is 6.33 Å². The van der Waals surface area contributed by atoms with E-state index in [0.717, 1.165) is 11.1 Å². The van der Waals surface area contributed by atoms with Crippen LogP contribution < -0.4 is 5.73 Å². The van der Waals surface area contributed by atoms with Gasteiger partial charge in [0.2, 0.25) is 5.95 Å². The van der Waals surface area contributed by atoms with E-state index < -0.39 is 0 Å². The van der Waals surface area contributed by atoms with Crippen molar-refractivity contribution in [1.82, 2.24) is 15.0 Å². The molecule has 15 heavy (non-hydrogen) atoms. The number of rotatable bonds is 1. The number of benzene rings is 1. The molecule has 2 aromatic rings. The van der Waals surface area contributed by atoms with Crippen LogP contribution in [0.4, 0.5) is 5.95 Å². The molecule has 1 aromatic heterocycles. The highest BCUT2D eigenvalue weighted by Crippen LogP contribution is 2.20. The summed E-state index contributed by atoms with van der Waals surface area (Å²) in [4.78, 5) is 12.0. The van der Waals surface area contributed by atoms with Gasteiger partial charge in [0, 0.05) is 5.56 Å². The number of nitrogens with zero attached hydrogens (tertiary/aromatic N) is 3. The molecule has 0 amide bonds. The van der Waals surface area contributed by atoms with Crippen molar-refractivity contribution < 1.29 is 0 Å². The molecule has 0 saturated carbocycles. The minimum atomic E-state index is 0.250. The summed E-state index contributed by atoms with van der Waals surface area (Å²) >= 11 is 0. The molecule has 1 aromatic carbocycles. The second kappa shape index (κ2) is 3.65. The summed E-state index contributed by atoms with van der Waals surface area (Å²) in [6.07, 6.45) is 1.43. The second-order valence-electron chi connectivity index (χ2n) is 3.49. The Balaban J connectivity index is 2.54. The number of aryl methyl sites for hydroxylation is 2. The fourth-order valence-corrected chi connectivity index (χ4v) is 1.50. The molecular weight excluding hydrogens is 188 g/mol. The molecule has 4 nitrogen and oxygen atoms in total. The maximum atomic E-state index is 5.51. The molecule has 2 N–H and O–H groups in total. The predicted octanol–water partition coefficient (Wildman–Crippen LogP) is 1.74. The third-order valence-electron chi connectivity index (χ3n) is 2.21. The Hall–Kier alpha value is -1.97. The summed E-state index contributed by atoms with van der Waals surface area (Å²) in [5, 5.41) is 0. The van der Waals surface area contributed by atoms with Crippen molar-refractivity contribution in [2.45, 2.75) is 13.8 Å². The maximum absolute atomic E-state index is 5.51. The van der Waals surface area contributed by atoms with Crippen molar-refractivity contribution in [1.29, 1.82) is 0 Å². The fraction of sp³-hybridized carbons (Fsp3) is 0.182. The van der Waals surface area contributed by atoms with E-state index in [0.29, 0.717) is 5.82 Å². The van der Waals surface area contributed by atoms with E-state index >= 15 is 0 Å². The van der Waals surface area contributed by atoms with Crippen LogP contribution in [0.5, 0.6) is 0 Å². The maximum Gasteiger partial charge on any atom is 0.223 e. The Kier molecular flexibility index (Phi) is 2.33. The van der Waals surface area contributed by atoms with E-state index in [2.05, 4.69) is 27.9 Å². The zero-order chi connectivity index (χ0) is 10.8. The van der Waals surface area contributed by atoms with Crippen molar-refractivity contribution in [3.8, 4) is 11.4 Å². The lowest BCUT2D eigenvalue weighted by Gasteiger charge is -2.05. The molecule has 2 rings (SSSR count). The van der Waals surface area contributed by atoms with Crippen LogP contribution in [-0.4, -0.2) is 15.0 Å². The molecular formula is C11H12N4. The number of hydrogen-bond acceptors (Lipinski definition) is 4. The van der Waals surface area contributed by atoms with Crippen LogP contribution in [0.1, 0.15) is 11.1 Å². The molecule has 0 atom stereocenters. The SMILES string of the molecule is Cc1ccc(-c2ncnc(N)n2)c(C)c1. The van der Waals surface area contributed by atoms with E-state index in [9.17, 15) is 0 Å².